The SMILES string of the molecule is CCC1C(=O)NCCN1Cc1ccc2ccc(F)c(F)c2n1. The van der Waals surface area contributed by atoms with Gasteiger partial charge in [-0.15, -0.1) is 0 Å². The molecule has 0 aliphatic carbocycles. The van der Waals surface area contributed by atoms with E-state index in [1.165, 1.54) is 6.07 Å². The Labute approximate surface area is 127 Å². The molecule has 0 radical (unpaired) electrons. The predicted octanol–water partition coefficient (Wildman–Crippen LogP) is 2.22. The summed E-state index contributed by atoms with van der Waals surface area (Å²) in [4.78, 5) is 18.1. The molecule has 1 N–H and O–H groups in total. The zero-order valence-electron chi connectivity index (χ0n) is 12.3. The number of benzene rings is 1. The van der Waals surface area contributed by atoms with Gasteiger partial charge >= 0.3 is 0 Å². The van der Waals surface area contributed by atoms with Crippen LogP contribution in [0.4, 0.5) is 8.78 Å². The van der Waals surface area contributed by atoms with Gasteiger partial charge in [-0.3, -0.25) is 9.69 Å². The second-order valence-electron chi connectivity index (χ2n) is 5.42. The Balaban J connectivity index is 1.90. The summed E-state index contributed by atoms with van der Waals surface area (Å²) in [6.07, 6.45) is 0.697. The summed E-state index contributed by atoms with van der Waals surface area (Å²) in [7, 11) is 0. The second kappa shape index (κ2) is 5.96. The van der Waals surface area contributed by atoms with Crippen LogP contribution >= 0.6 is 0 Å². The summed E-state index contributed by atoms with van der Waals surface area (Å²) < 4.78 is 27.2. The lowest BCUT2D eigenvalue weighted by Crippen LogP contribution is -2.54. The van der Waals surface area contributed by atoms with Crippen LogP contribution in [0.15, 0.2) is 24.3 Å². The molecule has 1 fully saturated rings. The normalized spacial score (nSPS) is 19.4. The minimum absolute atomic E-state index is 0.00626. The number of aromatic nitrogens is 1. The first-order valence-electron chi connectivity index (χ1n) is 7.35. The van der Waals surface area contributed by atoms with Crippen LogP contribution in [0.25, 0.3) is 10.9 Å². The average molecular weight is 305 g/mol. The van der Waals surface area contributed by atoms with Gasteiger partial charge in [-0.1, -0.05) is 13.0 Å². The Kier molecular flexibility index (Phi) is 4.02. The number of amides is 1. The molecule has 1 amide bonds. The number of carbonyl (C=O) groups excluding carboxylic acids is 1. The van der Waals surface area contributed by atoms with E-state index >= 15 is 0 Å². The highest BCUT2D eigenvalue weighted by molar-refractivity contribution is 5.82. The molecule has 1 aliphatic rings. The van der Waals surface area contributed by atoms with Crippen molar-refractivity contribution in [1.29, 1.82) is 0 Å². The van der Waals surface area contributed by atoms with Gasteiger partial charge in [-0.05, 0) is 24.6 Å². The van der Waals surface area contributed by atoms with Gasteiger partial charge in [-0.25, -0.2) is 13.8 Å². The highest BCUT2D eigenvalue weighted by Crippen LogP contribution is 2.20. The third kappa shape index (κ3) is 2.66. The monoisotopic (exact) mass is 305 g/mol. The van der Waals surface area contributed by atoms with Crippen LogP contribution in [-0.2, 0) is 11.3 Å². The number of pyridine rings is 1. The molecule has 1 aliphatic heterocycles. The van der Waals surface area contributed by atoms with Gasteiger partial charge in [-0.2, -0.15) is 0 Å². The first-order chi connectivity index (χ1) is 10.6. The highest BCUT2D eigenvalue weighted by atomic mass is 19.2. The lowest BCUT2D eigenvalue weighted by Gasteiger charge is -2.34. The Hall–Kier alpha value is -2.08. The van der Waals surface area contributed by atoms with Crippen LogP contribution in [0.5, 0.6) is 0 Å². The summed E-state index contributed by atoms with van der Waals surface area (Å²) in [5.74, 6) is -1.82. The molecule has 6 heteroatoms. The number of nitrogens with zero attached hydrogens (tertiary/aromatic N) is 2. The quantitative estimate of drug-likeness (QED) is 0.946. The Morgan fingerprint density at radius 2 is 2.09 bits per heavy atom. The predicted molar refractivity (Wildman–Crippen MR) is 79.2 cm³/mol. The maximum Gasteiger partial charge on any atom is 0.237 e. The lowest BCUT2D eigenvalue weighted by molar-refractivity contribution is -0.129. The minimum atomic E-state index is -0.928. The molecule has 116 valence electrons. The second-order valence-corrected chi connectivity index (χ2v) is 5.42. The topological polar surface area (TPSA) is 45.2 Å². The van der Waals surface area contributed by atoms with Gasteiger partial charge in [0.25, 0.3) is 0 Å². The van der Waals surface area contributed by atoms with E-state index in [-0.39, 0.29) is 17.5 Å². The Morgan fingerprint density at radius 3 is 2.86 bits per heavy atom. The first kappa shape index (κ1) is 14.8. The average Bonchev–Trinajstić information content (AvgIpc) is 2.52. The fourth-order valence-electron chi connectivity index (χ4n) is 2.86. The van der Waals surface area contributed by atoms with E-state index in [9.17, 15) is 13.6 Å². The Morgan fingerprint density at radius 1 is 1.32 bits per heavy atom. The maximum atomic E-state index is 13.8. The van der Waals surface area contributed by atoms with E-state index in [1.54, 1.807) is 12.1 Å². The van der Waals surface area contributed by atoms with Gasteiger partial charge in [0.05, 0.1) is 11.7 Å². The smallest absolute Gasteiger partial charge is 0.237 e. The molecule has 1 unspecified atom stereocenters. The van der Waals surface area contributed by atoms with Crippen molar-refractivity contribution < 1.29 is 13.6 Å². The Bertz CT molecular complexity index is 720. The van der Waals surface area contributed by atoms with Gasteiger partial charge in [0, 0.05) is 25.0 Å². The molecule has 0 bridgehead atoms. The largest absolute Gasteiger partial charge is 0.353 e. The van der Waals surface area contributed by atoms with Crippen molar-refractivity contribution in [2.75, 3.05) is 13.1 Å². The number of rotatable bonds is 3. The van der Waals surface area contributed by atoms with Crippen LogP contribution in [0.1, 0.15) is 19.0 Å². The number of halogens is 2. The molecule has 22 heavy (non-hydrogen) atoms. The molecule has 2 heterocycles. The van der Waals surface area contributed by atoms with Crippen LogP contribution in [0, 0.1) is 11.6 Å². The number of piperazine rings is 1. The molecular weight excluding hydrogens is 288 g/mol. The zero-order chi connectivity index (χ0) is 15.7. The van der Waals surface area contributed by atoms with Crippen molar-refractivity contribution in [3.05, 3.63) is 41.6 Å². The van der Waals surface area contributed by atoms with Crippen molar-refractivity contribution in [1.82, 2.24) is 15.2 Å². The van der Waals surface area contributed by atoms with Crippen LogP contribution in [0.3, 0.4) is 0 Å². The summed E-state index contributed by atoms with van der Waals surface area (Å²) in [5, 5.41) is 3.40. The number of carbonyl (C=O) groups is 1. The summed E-state index contributed by atoms with van der Waals surface area (Å²) in [6.45, 7) is 3.70. The summed E-state index contributed by atoms with van der Waals surface area (Å²) in [6, 6.07) is 5.92. The van der Waals surface area contributed by atoms with Crippen molar-refractivity contribution in [2.45, 2.75) is 25.9 Å². The first-order valence-corrected chi connectivity index (χ1v) is 7.35. The van der Waals surface area contributed by atoms with Gasteiger partial charge in [0.15, 0.2) is 11.6 Å². The highest BCUT2D eigenvalue weighted by Gasteiger charge is 2.28. The summed E-state index contributed by atoms with van der Waals surface area (Å²) in [5.41, 5.74) is 0.664. The van der Waals surface area contributed by atoms with Crippen LogP contribution < -0.4 is 5.32 Å². The number of fused-ring (bicyclic) bond motifs is 1. The number of hydrogen-bond acceptors (Lipinski definition) is 3. The van der Waals surface area contributed by atoms with E-state index in [0.717, 1.165) is 12.6 Å². The maximum absolute atomic E-state index is 13.8. The third-order valence-electron chi connectivity index (χ3n) is 4.00. The van der Waals surface area contributed by atoms with Crippen molar-refractivity contribution in [3.8, 4) is 0 Å². The van der Waals surface area contributed by atoms with Crippen LogP contribution in [0.2, 0.25) is 0 Å². The van der Waals surface area contributed by atoms with Crippen LogP contribution in [-0.4, -0.2) is 34.9 Å². The molecular formula is C16H17F2N3O. The van der Waals surface area contributed by atoms with E-state index in [4.69, 9.17) is 0 Å². The fourth-order valence-corrected chi connectivity index (χ4v) is 2.86. The van der Waals surface area contributed by atoms with E-state index in [1.807, 2.05) is 11.8 Å². The fraction of sp³-hybridized carbons (Fsp3) is 0.375. The molecule has 1 aromatic heterocycles. The molecule has 3 rings (SSSR count). The molecule has 1 aromatic carbocycles. The zero-order valence-corrected chi connectivity index (χ0v) is 12.3. The molecule has 2 aromatic rings. The van der Waals surface area contributed by atoms with Gasteiger partial charge in [0.2, 0.25) is 5.91 Å². The molecule has 0 saturated carbocycles. The van der Waals surface area contributed by atoms with E-state index in [2.05, 4.69) is 10.3 Å². The lowest BCUT2D eigenvalue weighted by atomic mass is 10.1. The van der Waals surface area contributed by atoms with Gasteiger partial charge in [0.1, 0.15) is 5.52 Å². The van der Waals surface area contributed by atoms with Crippen molar-refractivity contribution >= 4 is 16.8 Å². The molecule has 0 spiro atoms. The van der Waals surface area contributed by atoms with Crippen molar-refractivity contribution in [3.63, 3.8) is 0 Å². The molecule has 4 nitrogen and oxygen atoms in total. The van der Waals surface area contributed by atoms with Crippen molar-refractivity contribution in [2.24, 2.45) is 0 Å². The summed E-state index contributed by atoms with van der Waals surface area (Å²) >= 11 is 0. The third-order valence-corrected chi connectivity index (χ3v) is 4.00. The van der Waals surface area contributed by atoms with E-state index < -0.39 is 11.6 Å². The molecule has 1 atom stereocenters. The minimum Gasteiger partial charge on any atom is -0.353 e. The number of nitrogens with one attached hydrogen (secondary N) is 1. The van der Waals surface area contributed by atoms with Gasteiger partial charge < -0.3 is 5.32 Å². The standard InChI is InChI=1S/C16H17F2N3O/c1-2-13-16(22)19-7-8-21(13)9-11-5-3-10-4-6-12(17)14(18)15(10)20-11/h3-6,13H,2,7-9H2,1H3,(H,19,22). The number of hydrogen-bond donors (Lipinski definition) is 1. The molecule has 1 saturated heterocycles. The van der Waals surface area contributed by atoms with E-state index in [0.29, 0.717) is 30.6 Å².